The zero-order valence-corrected chi connectivity index (χ0v) is 15.2. The van der Waals surface area contributed by atoms with Gasteiger partial charge in [-0.2, -0.15) is 0 Å². The Bertz CT molecular complexity index is 944. The maximum absolute atomic E-state index is 12.4. The molecule has 0 aliphatic carbocycles. The molecule has 1 aliphatic rings. The van der Waals surface area contributed by atoms with Crippen LogP contribution in [0.1, 0.15) is 0 Å². The van der Waals surface area contributed by atoms with Gasteiger partial charge in [-0.05, 0) is 18.2 Å². The molecule has 3 aromatic rings. The second kappa shape index (κ2) is 7.89. The minimum absolute atomic E-state index is 0.0731. The third-order valence-corrected chi connectivity index (χ3v) is 5.12. The van der Waals surface area contributed by atoms with Gasteiger partial charge >= 0.3 is 0 Å². The van der Waals surface area contributed by atoms with Gasteiger partial charge in [0.1, 0.15) is 0 Å². The molecular weight excluding hydrogens is 344 g/mol. The van der Waals surface area contributed by atoms with Gasteiger partial charge in [-0.3, -0.25) is 14.3 Å². The van der Waals surface area contributed by atoms with E-state index >= 15 is 0 Å². The Hall–Kier alpha value is -2.71. The Labute approximate surface area is 157 Å². The number of anilines is 1. The van der Waals surface area contributed by atoms with Gasteiger partial charge in [-0.25, -0.2) is 9.97 Å². The zero-order valence-electron chi connectivity index (χ0n) is 15.2. The lowest BCUT2D eigenvalue weighted by molar-refractivity contribution is 0.248. The number of imidazole rings is 1. The standard InChI is InChI=1S/C19H24N6O2/c26-12-11-25-15-21-18-13-16(1-2-17(18)19(25)27)24-9-7-22(8-10-24)5-6-23-4-3-20-14-23/h1-4,13-15,26H,5-12H2. The van der Waals surface area contributed by atoms with Crippen molar-refractivity contribution in [2.45, 2.75) is 13.1 Å². The Kier molecular flexibility index (Phi) is 5.17. The predicted molar refractivity (Wildman–Crippen MR) is 104 cm³/mol. The first-order valence-corrected chi connectivity index (χ1v) is 9.28. The Morgan fingerprint density at radius 2 is 1.89 bits per heavy atom. The zero-order chi connectivity index (χ0) is 18.6. The summed E-state index contributed by atoms with van der Waals surface area (Å²) in [5.74, 6) is 0. The number of benzene rings is 1. The number of aliphatic hydroxyl groups is 1. The lowest BCUT2D eigenvalue weighted by Crippen LogP contribution is -2.47. The van der Waals surface area contributed by atoms with E-state index in [-0.39, 0.29) is 18.7 Å². The first-order chi connectivity index (χ1) is 13.2. The smallest absolute Gasteiger partial charge is 0.261 e. The van der Waals surface area contributed by atoms with E-state index in [9.17, 15) is 4.79 Å². The maximum Gasteiger partial charge on any atom is 0.261 e. The van der Waals surface area contributed by atoms with Crippen LogP contribution in [0.5, 0.6) is 0 Å². The van der Waals surface area contributed by atoms with Crippen molar-refractivity contribution in [1.82, 2.24) is 24.0 Å². The number of aliphatic hydroxyl groups excluding tert-OH is 1. The van der Waals surface area contributed by atoms with E-state index < -0.39 is 0 Å². The average Bonchev–Trinajstić information content (AvgIpc) is 3.22. The number of hydrogen-bond acceptors (Lipinski definition) is 6. The summed E-state index contributed by atoms with van der Waals surface area (Å²) in [6.07, 6.45) is 7.17. The molecule has 0 bridgehead atoms. The molecule has 1 aliphatic heterocycles. The highest BCUT2D eigenvalue weighted by Gasteiger charge is 2.17. The summed E-state index contributed by atoms with van der Waals surface area (Å²) < 4.78 is 3.55. The third kappa shape index (κ3) is 3.86. The fourth-order valence-corrected chi connectivity index (χ4v) is 3.52. The number of rotatable bonds is 6. The van der Waals surface area contributed by atoms with Crippen molar-refractivity contribution in [3.05, 3.63) is 53.6 Å². The summed E-state index contributed by atoms with van der Waals surface area (Å²) in [6.45, 7) is 6.11. The second-order valence-electron chi connectivity index (χ2n) is 6.80. The number of piperazine rings is 1. The van der Waals surface area contributed by atoms with Crippen LogP contribution in [0.25, 0.3) is 10.9 Å². The molecule has 27 heavy (non-hydrogen) atoms. The molecule has 1 fully saturated rings. The van der Waals surface area contributed by atoms with Crippen molar-refractivity contribution in [3.8, 4) is 0 Å². The molecule has 1 N–H and O–H groups in total. The van der Waals surface area contributed by atoms with E-state index in [1.54, 1.807) is 0 Å². The SMILES string of the molecule is O=c1c2ccc(N3CCN(CCn4ccnc4)CC3)cc2ncn1CCO. The molecule has 8 nitrogen and oxygen atoms in total. The fourth-order valence-electron chi connectivity index (χ4n) is 3.52. The minimum Gasteiger partial charge on any atom is -0.395 e. The monoisotopic (exact) mass is 368 g/mol. The Morgan fingerprint density at radius 3 is 2.63 bits per heavy atom. The van der Waals surface area contributed by atoms with Gasteiger partial charge < -0.3 is 14.6 Å². The summed E-state index contributed by atoms with van der Waals surface area (Å²) in [6, 6.07) is 5.83. The normalized spacial score (nSPS) is 15.5. The average molecular weight is 368 g/mol. The van der Waals surface area contributed by atoms with Crippen molar-refractivity contribution in [2.75, 3.05) is 44.2 Å². The van der Waals surface area contributed by atoms with E-state index in [4.69, 9.17) is 5.11 Å². The molecule has 4 rings (SSSR count). The third-order valence-electron chi connectivity index (χ3n) is 5.12. The van der Waals surface area contributed by atoms with Crippen LogP contribution < -0.4 is 10.5 Å². The summed E-state index contributed by atoms with van der Waals surface area (Å²) in [7, 11) is 0. The van der Waals surface area contributed by atoms with Gasteiger partial charge in [0.25, 0.3) is 5.56 Å². The minimum atomic E-state index is -0.107. The predicted octanol–water partition coefficient (Wildman–Crippen LogP) is 0.407. The van der Waals surface area contributed by atoms with Crippen molar-refractivity contribution in [3.63, 3.8) is 0 Å². The van der Waals surface area contributed by atoms with Gasteiger partial charge in [0.05, 0.1) is 36.7 Å². The highest BCUT2D eigenvalue weighted by Crippen LogP contribution is 2.20. The van der Waals surface area contributed by atoms with E-state index in [2.05, 4.69) is 24.3 Å². The first-order valence-electron chi connectivity index (χ1n) is 9.28. The second-order valence-corrected chi connectivity index (χ2v) is 6.80. The van der Waals surface area contributed by atoms with Crippen LogP contribution in [0.15, 0.2) is 48.0 Å². The molecule has 1 aromatic carbocycles. The molecule has 3 heterocycles. The largest absolute Gasteiger partial charge is 0.395 e. The van der Waals surface area contributed by atoms with Crippen LogP contribution in [0.4, 0.5) is 5.69 Å². The van der Waals surface area contributed by atoms with E-state index in [0.29, 0.717) is 10.9 Å². The highest BCUT2D eigenvalue weighted by molar-refractivity contribution is 5.81. The number of aromatic nitrogens is 4. The number of nitrogens with zero attached hydrogens (tertiary/aromatic N) is 6. The van der Waals surface area contributed by atoms with Crippen molar-refractivity contribution in [1.29, 1.82) is 0 Å². The van der Waals surface area contributed by atoms with Crippen LogP contribution in [0, 0.1) is 0 Å². The summed E-state index contributed by atoms with van der Waals surface area (Å²) in [4.78, 5) is 25.7. The Balaban J connectivity index is 1.41. The van der Waals surface area contributed by atoms with Crippen LogP contribution in [-0.2, 0) is 13.1 Å². The van der Waals surface area contributed by atoms with Gasteiger partial charge in [0, 0.05) is 57.3 Å². The molecule has 2 aromatic heterocycles. The van der Waals surface area contributed by atoms with Crippen molar-refractivity contribution in [2.24, 2.45) is 0 Å². The summed E-state index contributed by atoms with van der Waals surface area (Å²) >= 11 is 0. The highest BCUT2D eigenvalue weighted by atomic mass is 16.3. The lowest BCUT2D eigenvalue weighted by atomic mass is 10.2. The van der Waals surface area contributed by atoms with E-state index in [1.165, 1.54) is 10.9 Å². The van der Waals surface area contributed by atoms with Gasteiger partial charge in [-0.1, -0.05) is 0 Å². The molecule has 142 valence electrons. The van der Waals surface area contributed by atoms with Gasteiger partial charge in [-0.15, -0.1) is 0 Å². The molecule has 0 amide bonds. The summed E-state index contributed by atoms with van der Waals surface area (Å²) in [5.41, 5.74) is 1.70. The quantitative estimate of drug-likeness (QED) is 0.679. The van der Waals surface area contributed by atoms with Crippen LogP contribution >= 0.6 is 0 Å². The molecule has 0 atom stereocenters. The fraction of sp³-hybridized carbons (Fsp3) is 0.421. The maximum atomic E-state index is 12.4. The van der Waals surface area contributed by atoms with E-state index in [1.807, 2.05) is 36.9 Å². The van der Waals surface area contributed by atoms with Crippen LogP contribution in [-0.4, -0.2) is 68.4 Å². The molecule has 0 unspecified atom stereocenters. The molecule has 8 heteroatoms. The lowest BCUT2D eigenvalue weighted by Gasteiger charge is -2.36. The van der Waals surface area contributed by atoms with Crippen molar-refractivity contribution < 1.29 is 5.11 Å². The van der Waals surface area contributed by atoms with Gasteiger partial charge in [0.15, 0.2) is 0 Å². The molecule has 0 radical (unpaired) electrons. The molecular formula is C19H24N6O2. The van der Waals surface area contributed by atoms with Crippen LogP contribution in [0.2, 0.25) is 0 Å². The van der Waals surface area contributed by atoms with E-state index in [0.717, 1.165) is 45.0 Å². The molecule has 0 saturated carbocycles. The van der Waals surface area contributed by atoms with Crippen molar-refractivity contribution >= 4 is 16.6 Å². The molecule has 1 saturated heterocycles. The first kappa shape index (κ1) is 17.7. The van der Waals surface area contributed by atoms with Gasteiger partial charge in [0.2, 0.25) is 0 Å². The topological polar surface area (TPSA) is 79.4 Å². The molecule has 0 spiro atoms. The Morgan fingerprint density at radius 1 is 1.04 bits per heavy atom. The summed E-state index contributed by atoms with van der Waals surface area (Å²) in [5, 5.41) is 9.63. The number of fused-ring (bicyclic) bond motifs is 1. The van der Waals surface area contributed by atoms with Crippen LogP contribution in [0.3, 0.4) is 0 Å². The number of hydrogen-bond donors (Lipinski definition) is 1.